The molecule has 0 saturated heterocycles. The van der Waals surface area contributed by atoms with Crippen molar-refractivity contribution in [2.24, 2.45) is 0 Å². The number of methoxy groups -OCH3 is 1. The molecule has 0 aliphatic carbocycles. The molecule has 1 aromatic heterocycles. The number of hydrogen-bond donors (Lipinski definition) is 1. The van der Waals surface area contributed by atoms with Gasteiger partial charge in [-0.2, -0.15) is 0 Å². The number of thioether (sulfide) groups is 1. The highest BCUT2D eigenvalue weighted by Crippen LogP contribution is 2.21. The molecule has 5 heteroatoms. The van der Waals surface area contributed by atoms with Gasteiger partial charge in [-0.15, -0.1) is 11.8 Å². The summed E-state index contributed by atoms with van der Waals surface area (Å²) < 4.78 is 4.95. The van der Waals surface area contributed by atoms with Gasteiger partial charge in [-0.3, -0.25) is 0 Å². The van der Waals surface area contributed by atoms with Gasteiger partial charge in [-0.05, 0) is 0 Å². The van der Waals surface area contributed by atoms with Crippen LogP contribution in [0.2, 0.25) is 0 Å². The van der Waals surface area contributed by atoms with Crippen LogP contribution >= 0.6 is 11.8 Å². The third-order valence-electron chi connectivity index (χ3n) is 1.40. The molecule has 0 aliphatic rings. The zero-order chi connectivity index (χ0) is 10.6. The Balaban J connectivity index is 2.83. The van der Waals surface area contributed by atoms with Gasteiger partial charge in [0.2, 0.25) is 0 Å². The third kappa shape index (κ3) is 3.51. The van der Waals surface area contributed by atoms with Gasteiger partial charge in [0, 0.05) is 18.4 Å². The van der Waals surface area contributed by atoms with E-state index < -0.39 is 0 Å². The van der Waals surface area contributed by atoms with Crippen LogP contribution in [0.25, 0.3) is 0 Å². The first-order valence-electron chi connectivity index (χ1n) is 4.41. The Hall–Kier alpha value is -0.810. The quantitative estimate of drug-likeness (QED) is 0.609. The second-order valence-corrected chi connectivity index (χ2v) is 4.74. The predicted octanol–water partition coefficient (Wildman–Crippen LogP) is 1.71. The summed E-state index contributed by atoms with van der Waals surface area (Å²) in [4.78, 5) is 8.37. The monoisotopic (exact) mass is 213 g/mol. The van der Waals surface area contributed by atoms with Gasteiger partial charge in [0.1, 0.15) is 17.5 Å². The fourth-order valence-electron chi connectivity index (χ4n) is 0.988. The summed E-state index contributed by atoms with van der Waals surface area (Å²) in [6.07, 6.45) is 0. The van der Waals surface area contributed by atoms with Gasteiger partial charge in [0.05, 0.1) is 0 Å². The largest absolute Gasteiger partial charge is 0.384 e. The predicted molar refractivity (Wildman–Crippen MR) is 58.2 cm³/mol. The number of nitrogens with two attached hydrogens (primary N) is 1. The molecular weight excluding hydrogens is 198 g/mol. The summed E-state index contributed by atoms with van der Waals surface area (Å²) in [7, 11) is 1.61. The molecule has 1 rings (SSSR count). The summed E-state index contributed by atoms with van der Waals surface area (Å²) >= 11 is 1.67. The third-order valence-corrected chi connectivity index (χ3v) is 2.32. The Morgan fingerprint density at radius 3 is 2.79 bits per heavy atom. The summed E-state index contributed by atoms with van der Waals surface area (Å²) in [5.74, 6) is 1.13. The SMILES string of the molecule is COCc1nc(N)cc(SC(C)C)n1. The molecule has 78 valence electrons. The van der Waals surface area contributed by atoms with Crippen molar-refractivity contribution in [3.63, 3.8) is 0 Å². The van der Waals surface area contributed by atoms with E-state index in [1.165, 1.54) is 0 Å². The lowest BCUT2D eigenvalue weighted by molar-refractivity contribution is 0.177. The van der Waals surface area contributed by atoms with Crippen molar-refractivity contribution >= 4 is 17.6 Å². The Labute approximate surface area is 88.3 Å². The molecule has 0 aliphatic heterocycles. The van der Waals surface area contributed by atoms with Gasteiger partial charge in [-0.1, -0.05) is 13.8 Å². The highest BCUT2D eigenvalue weighted by molar-refractivity contribution is 7.99. The van der Waals surface area contributed by atoms with Crippen LogP contribution in [-0.2, 0) is 11.3 Å². The number of nitrogen functional groups attached to an aromatic ring is 1. The van der Waals surface area contributed by atoms with E-state index in [1.54, 1.807) is 24.9 Å². The van der Waals surface area contributed by atoms with Gasteiger partial charge in [-0.25, -0.2) is 9.97 Å². The second kappa shape index (κ2) is 5.17. The van der Waals surface area contributed by atoms with E-state index in [9.17, 15) is 0 Å². The minimum atomic E-state index is 0.399. The first-order chi connectivity index (χ1) is 6.61. The summed E-state index contributed by atoms with van der Waals surface area (Å²) in [6, 6.07) is 1.78. The number of ether oxygens (including phenoxy) is 1. The number of hydrogen-bond acceptors (Lipinski definition) is 5. The molecule has 0 amide bonds. The molecule has 0 radical (unpaired) electrons. The molecular formula is C9H15N3OS. The topological polar surface area (TPSA) is 61.0 Å². The smallest absolute Gasteiger partial charge is 0.157 e. The van der Waals surface area contributed by atoms with E-state index in [0.29, 0.717) is 23.5 Å². The van der Waals surface area contributed by atoms with Gasteiger partial charge < -0.3 is 10.5 Å². The van der Waals surface area contributed by atoms with Crippen molar-refractivity contribution in [3.05, 3.63) is 11.9 Å². The zero-order valence-corrected chi connectivity index (χ0v) is 9.47. The van der Waals surface area contributed by atoms with Crippen LogP contribution in [0.15, 0.2) is 11.1 Å². The van der Waals surface area contributed by atoms with Crippen LogP contribution in [0.1, 0.15) is 19.7 Å². The standard InChI is InChI=1S/C9H15N3OS/c1-6(2)14-9-4-7(10)11-8(12-9)5-13-3/h4,6H,5H2,1-3H3,(H2,10,11,12). The summed E-state index contributed by atoms with van der Waals surface area (Å²) in [5, 5.41) is 1.39. The maximum absolute atomic E-state index is 5.65. The minimum Gasteiger partial charge on any atom is -0.384 e. The maximum atomic E-state index is 5.65. The van der Waals surface area contributed by atoms with Crippen molar-refractivity contribution < 1.29 is 4.74 Å². The van der Waals surface area contributed by atoms with Crippen molar-refractivity contribution in [1.29, 1.82) is 0 Å². The number of anilines is 1. The van der Waals surface area contributed by atoms with Crippen LogP contribution in [0.3, 0.4) is 0 Å². The van der Waals surface area contributed by atoms with Gasteiger partial charge >= 0.3 is 0 Å². The normalized spacial score (nSPS) is 10.9. The fraction of sp³-hybridized carbons (Fsp3) is 0.556. The molecule has 0 saturated carbocycles. The Morgan fingerprint density at radius 1 is 1.50 bits per heavy atom. The van der Waals surface area contributed by atoms with Crippen molar-refractivity contribution in [2.45, 2.75) is 30.7 Å². The van der Waals surface area contributed by atoms with E-state index in [2.05, 4.69) is 23.8 Å². The molecule has 0 aromatic carbocycles. The zero-order valence-electron chi connectivity index (χ0n) is 8.65. The molecule has 14 heavy (non-hydrogen) atoms. The van der Waals surface area contributed by atoms with Gasteiger partial charge in [0.25, 0.3) is 0 Å². The van der Waals surface area contributed by atoms with Crippen LogP contribution in [-0.4, -0.2) is 22.3 Å². The van der Waals surface area contributed by atoms with Crippen LogP contribution < -0.4 is 5.73 Å². The average molecular weight is 213 g/mol. The number of nitrogens with zero attached hydrogens (tertiary/aromatic N) is 2. The molecule has 1 heterocycles. The Morgan fingerprint density at radius 2 is 2.21 bits per heavy atom. The number of rotatable bonds is 4. The van der Waals surface area contributed by atoms with E-state index in [4.69, 9.17) is 10.5 Å². The van der Waals surface area contributed by atoms with E-state index in [1.807, 2.05) is 0 Å². The van der Waals surface area contributed by atoms with Crippen LogP contribution in [0, 0.1) is 0 Å². The molecule has 0 unspecified atom stereocenters. The number of aromatic nitrogens is 2. The van der Waals surface area contributed by atoms with Crippen LogP contribution in [0.4, 0.5) is 5.82 Å². The van der Waals surface area contributed by atoms with Crippen molar-refractivity contribution in [3.8, 4) is 0 Å². The highest BCUT2D eigenvalue weighted by atomic mass is 32.2. The molecule has 2 N–H and O–H groups in total. The van der Waals surface area contributed by atoms with Gasteiger partial charge in [0.15, 0.2) is 5.82 Å². The minimum absolute atomic E-state index is 0.399. The highest BCUT2D eigenvalue weighted by Gasteiger charge is 2.04. The molecule has 1 aromatic rings. The van der Waals surface area contributed by atoms with E-state index in [-0.39, 0.29) is 0 Å². The lowest BCUT2D eigenvalue weighted by Gasteiger charge is -2.06. The van der Waals surface area contributed by atoms with Crippen molar-refractivity contribution in [2.75, 3.05) is 12.8 Å². The lowest BCUT2D eigenvalue weighted by Crippen LogP contribution is -2.02. The Kier molecular flexibility index (Phi) is 4.16. The van der Waals surface area contributed by atoms with Crippen molar-refractivity contribution in [1.82, 2.24) is 9.97 Å². The Bertz CT molecular complexity index is 304. The average Bonchev–Trinajstić information content (AvgIpc) is 2.01. The molecule has 0 spiro atoms. The second-order valence-electron chi connectivity index (χ2n) is 3.15. The van der Waals surface area contributed by atoms with E-state index in [0.717, 1.165) is 5.03 Å². The lowest BCUT2D eigenvalue weighted by atomic mass is 10.5. The molecule has 0 atom stereocenters. The first-order valence-corrected chi connectivity index (χ1v) is 5.29. The van der Waals surface area contributed by atoms with E-state index >= 15 is 0 Å². The summed E-state index contributed by atoms with van der Waals surface area (Å²) in [5.41, 5.74) is 5.65. The molecule has 0 bridgehead atoms. The fourth-order valence-corrected chi connectivity index (χ4v) is 1.82. The molecule has 4 nitrogen and oxygen atoms in total. The van der Waals surface area contributed by atoms with Crippen LogP contribution in [0.5, 0.6) is 0 Å². The summed E-state index contributed by atoms with van der Waals surface area (Å²) in [6.45, 7) is 4.62. The first kappa shape index (κ1) is 11.3. The maximum Gasteiger partial charge on any atom is 0.157 e. The molecule has 0 fully saturated rings.